The Hall–Kier alpha value is -0.265. The molecule has 0 rings (SSSR count). The highest BCUT2D eigenvalue weighted by Gasteiger charge is 2.21. The fourth-order valence-corrected chi connectivity index (χ4v) is 0.742. The lowest BCUT2D eigenvalue weighted by atomic mass is 9.74. The van der Waals surface area contributed by atoms with Crippen LogP contribution in [0.4, 0.5) is 0 Å². The second-order valence-corrected chi connectivity index (χ2v) is 3.35. The molecule has 2 heteroatoms. The second kappa shape index (κ2) is 3.79. The first-order valence-electron chi connectivity index (χ1n) is 3.80. The van der Waals surface area contributed by atoms with Gasteiger partial charge < -0.3 is 4.79 Å². The largest absolute Gasteiger partial charge is 0.312 e. The molecule has 0 fully saturated rings. The van der Waals surface area contributed by atoms with Crippen molar-refractivity contribution in [1.82, 2.24) is 0 Å². The van der Waals surface area contributed by atoms with Crippen molar-refractivity contribution in [2.75, 3.05) is 0 Å². The number of hydrogen-bond acceptors (Lipinski definition) is 1. The van der Waals surface area contributed by atoms with Gasteiger partial charge in [-0.25, -0.2) is 0 Å². The van der Waals surface area contributed by atoms with E-state index in [4.69, 9.17) is 7.85 Å². The van der Waals surface area contributed by atoms with Gasteiger partial charge in [-0.1, -0.05) is 33.6 Å². The molecule has 0 aliphatic rings. The van der Waals surface area contributed by atoms with E-state index in [0.29, 0.717) is 0 Å². The molecular formula is C8H15BO. The number of unbranched alkanes of at least 4 members (excludes halogenated alkanes) is 1. The van der Waals surface area contributed by atoms with Crippen LogP contribution in [0.2, 0.25) is 0 Å². The van der Waals surface area contributed by atoms with Crippen LogP contribution in [0.15, 0.2) is 0 Å². The van der Waals surface area contributed by atoms with E-state index in [2.05, 4.69) is 6.92 Å². The van der Waals surface area contributed by atoms with Gasteiger partial charge in [-0.3, -0.25) is 0 Å². The fraction of sp³-hybridized carbons (Fsp3) is 0.875. The maximum absolute atomic E-state index is 10.7. The first-order valence-corrected chi connectivity index (χ1v) is 3.80. The number of hydrogen-bond donors (Lipinski definition) is 0. The van der Waals surface area contributed by atoms with Gasteiger partial charge >= 0.3 is 0 Å². The SMILES string of the molecule is [B]C(=O)C(C)(C)CCCC. The van der Waals surface area contributed by atoms with E-state index in [1.165, 1.54) is 0 Å². The van der Waals surface area contributed by atoms with Crippen LogP contribution in [0.25, 0.3) is 0 Å². The van der Waals surface area contributed by atoms with E-state index in [1.807, 2.05) is 13.8 Å². The molecule has 0 atom stereocenters. The molecule has 0 aromatic rings. The van der Waals surface area contributed by atoms with Gasteiger partial charge in [-0.15, -0.1) is 0 Å². The Morgan fingerprint density at radius 1 is 1.50 bits per heavy atom. The Bertz CT molecular complexity index is 118. The molecule has 2 radical (unpaired) electrons. The zero-order chi connectivity index (χ0) is 8.20. The van der Waals surface area contributed by atoms with E-state index >= 15 is 0 Å². The first-order chi connectivity index (χ1) is 4.50. The molecule has 0 amide bonds. The van der Waals surface area contributed by atoms with Crippen molar-refractivity contribution in [2.24, 2.45) is 5.41 Å². The molecule has 0 aliphatic heterocycles. The summed E-state index contributed by atoms with van der Waals surface area (Å²) < 4.78 is 0. The highest BCUT2D eigenvalue weighted by Crippen LogP contribution is 2.22. The van der Waals surface area contributed by atoms with E-state index in [9.17, 15) is 4.79 Å². The lowest BCUT2D eigenvalue weighted by molar-refractivity contribution is -0.119. The van der Waals surface area contributed by atoms with Crippen LogP contribution in [-0.4, -0.2) is 13.5 Å². The summed E-state index contributed by atoms with van der Waals surface area (Å²) >= 11 is 0. The molecule has 0 unspecified atom stereocenters. The zero-order valence-corrected chi connectivity index (χ0v) is 7.11. The number of carbonyl (C=O) groups excluding carboxylic acids is 1. The third-order valence-electron chi connectivity index (χ3n) is 1.82. The molecule has 1 nitrogen and oxygen atoms in total. The van der Waals surface area contributed by atoms with Crippen LogP contribution in [0.1, 0.15) is 40.0 Å². The highest BCUT2D eigenvalue weighted by molar-refractivity contribution is 6.58. The molecule has 0 spiro atoms. The van der Waals surface area contributed by atoms with Crippen molar-refractivity contribution < 1.29 is 4.79 Å². The van der Waals surface area contributed by atoms with E-state index < -0.39 is 0 Å². The molecule has 0 bridgehead atoms. The van der Waals surface area contributed by atoms with Crippen molar-refractivity contribution in [1.29, 1.82) is 0 Å². The van der Waals surface area contributed by atoms with Crippen molar-refractivity contribution in [3.05, 3.63) is 0 Å². The maximum atomic E-state index is 10.7. The molecule has 0 heterocycles. The van der Waals surface area contributed by atoms with E-state index in [1.54, 1.807) is 0 Å². The Morgan fingerprint density at radius 2 is 2.00 bits per heavy atom. The van der Waals surface area contributed by atoms with Gasteiger partial charge in [-0.2, -0.15) is 0 Å². The van der Waals surface area contributed by atoms with Crippen molar-refractivity contribution in [2.45, 2.75) is 40.0 Å². The molecule has 0 aromatic heterocycles. The van der Waals surface area contributed by atoms with Crippen LogP contribution in [0.3, 0.4) is 0 Å². The topological polar surface area (TPSA) is 17.1 Å². The molecule has 10 heavy (non-hydrogen) atoms. The first kappa shape index (κ1) is 9.73. The van der Waals surface area contributed by atoms with Gasteiger partial charge in [0.05, 0.1) is 5.68 Å². The molecule has 0 saturated carbocycles. The Balaban J connectivity index is 3.75. The predicted molar refractivity (Wildman–Crippen MR) is 44.1 cm³/mol. The average Bonchev–Trinajstić information content (AvgIpc) is 1.84. The van der Waals surface area contributed by atoms with Crippen LogP contribution >= 0.6 is 0 Å². The van der Waals surface area contributed by atoms with Crippen molar-refractivity contribution >= 4 is 13.5 Å². The molecule has 0 aromatic carbocycles. The standard InChI is InChI=1S/C8H15BO/c1-4-5-6-8(2,3)7(9)10/h4-6H2,1-3H3. The maximum Gasteiger partial charge on any atom is 0.168 e. The minimum atomic E-state index is -0.310. The zero-order valence-electron chi connectivity index (χ0n) is 7.11. The van der Waals surface area contributed by atoms with E-state index in [0.717, 1.165) is 19.3 Å². The Labute approximate surface area is 64.6 Å². The lowest BCUT2D eigenvalue weighted by Gasteiger charge is -2.20. The van der Waals surface area contributed by atoms with Gasteiger partial charge in [0, 0.05) is 5.41 Å². The molecule has 0 aliphatic carbocycles. The average molecular weight is 138 g/mol. The third-order valence-corrected chi connectivity index (χ3v) is 1.82. The summed E-state index contributed by atoms with van der Waals surface area (Å²) in [5, 5.41) is 0. The molecule has 0 saturated heterocycles. The van der Waals surface area contributed by atoms with E-state index in [-0.39, 0.29) is 11.1 Å². The second-order valence-electron chi connectivity index (χ2n) is 3.35. The Morgan fingerprint density at radius 3 is 2.30 bits per heavy atom. The van der Waals surface area contributed by atoms with Crippen LogP contribution < -0.4 is 0 Å². The van der Waals surface area contributed by atoms with Gasteiger partial charge in [0.15, 0.2) is 7.85 Å². The lowest BCUT2D eigenvalue weighted by Crippen LogP contribution is -2.23. The molecule has 56 valence electrons. The summed E-state index contributed by atoms with van der Waals surface area (Å²) in [6.07, 6.45) is 3.10. The third kappa shape index (κ3) is 3.04. The monoisotopic (exact) mass is 138 g/mol. The Kier molecular flexibility index (Phi) is 3.69. The summed E-state index contributed by atoms with van der Waals surface area (Å²) in [7, 11) is 5.17. The highest BCUT2D eigenvalue weighted by atomic mass is 16.1. The van der Waals surface area contributed by atoms with Crippen molar-refractivity contribution in [3.8, 4) is 0 Å². The smallest absolute Gasteiger partial charge is 0.168 e. The van der Waals surface area contributed by atoms with Crippen LogP contribution in [0, 0.1) is 5.41 Å². The van der Waals surface area contributed by atoms with Gasteiger partial charge in [0.25, 0.3) is 0 Å². The van der Waals surface area contributed by atoms with Crippen molar-refractivity contribution in [3.63, 3.8) is 0 Å². The normalized spacial score (nSPS) is 11.5. The quantitative estimate of drug-likeness (QED) is 0.542. The summed E-state index contributed by atoms with van der Waals surface area (Å²) in [5.74, 6) is 0. The van der Waals surface area contributed by atoms with Gasteiger partial charge in [-0.05, 0) is 6.42 Å². The van der Waals surface area contributed by atoms with Gasteiger partial charge in [0.1, 0.15) is 0 Å². The van der Waals surface area contributed by atoms with Gasteiger partial charge in [0.2, 0.25) is 0 Å². The number of carbonyl (C=O) groups is 1. The molecular weight excluding hydrogens is 123 g/mol. The van der Waals surface area contributed by atoms with Crippen LogP contribution in [0.5, 0.6) is 0 Å². The summed E-state index contributed by atoms with van der Waals surface area (Å²) in [4.78, 5) is 10.7. The summed E-state index contributed by atoms with van der Waals surface area (Å²) in [6.45, 7) is 5.90. The fourth-order valence-electron chi connectivity index (χ4n) is 0.742. The number of rotatable bonds is 4. The minimum absolute atomic E-state index is 0.194. The predicted octanol–water partition coefficient (Wildman–Crippen LogP) is 1.90. The molecule has 0 N–H and O–H groups in total. The minimum Gasteiger partial charge on any atom is -0.312 e. The summed E-state index contributed by atoms with van der Waals surface area (Å²) in [5.41, 5.74) is -0.503. The van der Waals surface area contributed by atoms with Crippen LogP contribution in [-0.2, 0) is 4.79 Å². The summed E-state index contributed by atoms with van der Waals surface area (Å²) in [6, 6.07) is 0.